The summed E-state index contributed by atoms with van der Waals surface area (Å²) in [5.41, 5.74) is 3.36. The van der Waals surface area contributed by atoms with Gasteiger partial charge in [0.1, 0.15) is 11.6 Å². The summed E-state index contributed by atoms with van der Waals surface area (Å²) >= 11 is 0. The first-order chi connectivity index (χ1) is 21.4. The van der Waals surface area contributed by atoms with Crippen molar-refractivity contribution in [1.29, 1.82) is 0 Å². The minimum absolute atomic E-state index is 0.0631. The summed E-state index contributed by atoms with van der Waals surface area (Å²) in [5, 5.41) is 0. The Kier molecular flexibility index (Phi) is 10.2. The fraction of sp³-hybridized carbons (Fsp3) is 0.343. The molecule has 0 aliphatic heterocycles. The molecule has 0 atom stereocenters. The lowest BCUT2D eigenvalue weighted by Gasteiger charge is -2.12. The highest BCUT2D eigenvalue weighted by atomic mass is 16.5. The van der Waals surface area contributed by atoms with Crippen LogP contribution in [0, 0.1) is 13.8 Å². The standard InChI is InChI=1S/C35H40N4O5/c1-25-36-13-17-38(25)15-5-19-43-31-11-7-27(23-33(31)41-3)21-29-9-10-30(35(29)40)22-28-8-12-32(34(24-28)42-4)44-20-6-16-39-18-14-37-26(39)2/h7-8,11-14,17-18,21-24H,5-6,9-10,15-16,19-20H2,1-4H3/b29-21+,30-22+. The van der Waals surface area contributed by atoms with Crippen LogP contribution in [0.5, 0.6) is 23.0 Å². The zero-order valence-corrected chi connectivity index (χ0v) is 25.9. The molecule has 0 saturated heterocycles. The minimum atomic E-state index is 0.0631. The molecule has 2 aromatic heterocycles. The molecule has 5 rings (SSSR count). The van der Waals surface area contributed by atoms with E-state index >= 15 is 0 Å². The predicted molar refractivity (Wildman–Crippen MR) is 170 cm³/mol. The van der Waals surface area contributed by atoms with Crippen molar-refractivity contribution in [2.24, 2.45) is 0 Å². The van der Waals surface area contributed by atoms with Gasteiger partial charge in [-0.1, -0.05) is 12.1 Å². The van der Waals surface area contributed by atoms with Gasteiger partial charge in [-0.05, 0) is 87.1 Å². The monoisotopic (exact) mass is 596 g/mol. The first kappa shape index (κ1) is 30.7. The number of hydrogen-bond acceptors (Lipinski definition) is 7. The molecule has 1 saturated carbocycles. The van der Waals surface area contributed by atoms with Crippen LogP contribution in [0.25, 0.3) is 12.2 Å². The van der Waals surface area contributed by atoms with Gasteiger partial charge in [-0.25, -0.2) is 9.97 Å². The average Bonchev–Trinajstić information content (AvgIpc) is 3.74. The summed E-state index contributed by atoms with van der Waals surface area (Å²) in [7, 11) is 3.25. The molecule has 4 aromatic rings. The Balaban J connectivity index is 1.17. The van der Waals surface area contributed by atoms with Gasteiger partial charge in [0.05, 0.1) is 27.4 Å². The number of carbonyl (C=O) groups excluding carboxylic acids is 1. The molecule has 44 heavy (non-hydrogen) atoms. The van der Waals surface area contributed by atoms with Crippen LogP contribution in [-0.2, 0) is 17.9 Å². The molecule has 9 heteroatoms. The van der Waals surface area contributed by atoms with Crippen LogP contribution in [0.2, 0.25) is 0 Å². The van der Waals surface area contributed by atoms with Gasteiger partial charge in [-0.15, -0.1) is 0 Å². The van der Waals surface area contributed by atoms with E-state index in [2.05, 4.69) is 19.1 Å². The number of hydrogen-bond donors (Lipinski definition) is 0. The number of ether oxygens (including phenoxy) is 4. The van der Waals surface area contributed by atoms with E-state index in [9.17, 15) is 4.79 Å². The van der Waals surface area contributed by atoms with E-state index in [1.165, 1.54) is 0 Å². The van der Waals surface area contributed by atoms with E-state index in [0.29, 0.717) is 49.1 Å². The Labute approximate surface area is 258 Å². The average molecular weight is 597 g/mol. The SMILES string of the molecule is COc1cc(/C=C2\CC/C(=C\c3ccc(OCCCn4ccnc4C)c(OC)c3)C2=O)ccc1OCCCn1ccnc1C. The lowest BCUT2D eigenvalue weighted by atomic mass is 10.1. The molecule has 2 heterocycles. The Morgan fingerprint density at radius 1 is 0.705 bits per heavy atom. The molecule has 0 bridgehead atoms. The van der Waals surface area contributed by atoms with Gasteiger partial charge >= 0.3 is 0 Å². The summed E-state index contributed by atoms with van der Waals surface area (Å²) in [6.45, 7) is 6.78. The Morgan fingerprint density at radius 2 is 1.16 bits per heavy atom. The third-order valence-electron chi connectivity index (χ3n) is 7.75. The molecule has 230 valence electrons. The maximum absolute atomic E-state index is 13.3. The number of allylic oxidation sites excluding steroid dienone is 2. The summed E-state index contributed by atoms with van der Waals surface area (Å²) in [4.78, 5) is 21.8. The molecule has 1 aliphatic rings. The van der Waals surface area contributed by atoms with E-state index in [-0.39, 0.29) is 5.78 Å². The van der Waals surface area contributed by atoms with Crippen molar-refractivity contribution in [3.63, 3.8) is 0 Å². The third kappa shape index (κ3) is 7.58. The number of imidazole rings is 2. The highest BCUT2D eigenvalue weighted by molar-refractivity contribution is 6.15. The van der Waals surface area contributed by atoms with Crippen LogP contribution in [0.15, 0.2) is 72.3 Å². The van der Waals surface area contributed by atoms with Crippen molar-refractivity contribution in [1.82, 2.24) is 19.1 Å². The molecule has 0 unspecified atom stereocenters. The van der Waals surface area contributed by atoms with Crippen LogP contribution in [0.1, 0.15) is 48.5 Å². The number of Topliss-reactive ketones (excluding diaryl/α,β-unsaturated/α-hetero) is 1. The lowest BCUT2D eigenvalue weighted by Crippen LogP contribution is -2.06. The number of ketones is 1. The van der Waals surface area contributed by atoms with Gasteiger partial charge in [-0.2, -0.15) is 0 Å². The first-order valence-electron chi connectivity index (χ1n) is 15.0. The molecule has 0 spiro atoms. The van der Waals surface area contributed by atoms with Crippen LogP contribution >= 0.6 is 0 Å². The molecule has 0 N–H and O–H groups in total. The van der Waals surface area contributed by atoms with Crippen molar-refractivity contribution in [3.05, 3.63) is 95.1 Å². The van der Waals surface area contributed by atoms with E-state index < -0.39 is 0 Å². The van der Waals surface area contributed by atoms with Gasteiger partial charge in [0.2, 0.25) is 0 Å². The molecule has 1 fully saturated rings. The maximum atomic E-state index is 13.3. The molecule has 9 nitrogen and oxygen atoms in total. The Hall–Kier alpha value is -4.79. The number of aryl methyl sites for hydroxylation is 4. The first-order valence-corrected chi connectivity index (χ1v) is 15.0. The Morgan fingerprint density at radius 3 is 1.55 bits per heavy atom. The van der Waals surface area contributed by atoms with Gasteiger partial charge in [0, 0.05) is 49.0 Å². The highest BCUT2D eigenvalue weighted by Gasteiger charge is 2.23. The van der Waals surface area contributed by atoms with Crippen molar-refractivity contribution in [2.75, 3.05) is 27.4 Å². The van der Waals surface area contributed by atoms with Gasteiger partial charge in [0.25, 0.3) is 0 Å². The lowest BCUT2D eigenvalue weighted by molar-refractivity contribution is -0.111. The van der Waals surface area contributed by atoms with Crippen LogP contribution in [-0.4, -0.2) is 52.3 Å². The minimum Gasteiger partial charge on any atom is -0.493 e. The summed E-state index contributed by atoms with van der Waals surface area (Å²) in [6.07, 6.45) is 14.5. The normalized spacial score (nSPS) is 14.9. The number of carbonyl (C=O) groups is 1. The van der Waals surface area contributed by atoms with Crippen LogP contribution in [0.3, 0.4) is 0 Å². The van der Waals surface area contributed by atoms with Crippen molar-refractivity contribution in [2.45, 2.75) is 52.6 Å². The summed E-state index contributed by atoms with van der Waals surface area (Å²) in [5.74, 6) is 4.70. The van der Waals surface area contributed by atoms with Gasteiger partial charge < -0.3 is 28.1 Å². The second-order valence-electron chi connectivity index (χ2n) is 10.7. The molecule has 1 aliphatic carbocycles. The predicted octanol–water partition coefficient (Wildman–Crippen LogP) is 6.48. The number of methoxy groups -OCH3 is 2. The van der Waals surface area contributed by atoms with Crippen LogP contribution < -0.4 is 18.9 Å². The zero-order valence-electron chi connectivity index (χ0n) is 25.9. The number of nitrogens with zero attached hydrogens (tertiary/aromatic N) is 4. The second-order valence-corrected chi connectivity index (χ2v) is 10.7. The van der Waals surface area contributed by atoms with Crippen molar-refractivity contribution in [3.8, 4) is 23.0 Å². The largest absolute Gasteiger partial charge is 0.493 e. The van der Waals surface area contributed by atoms with E-state index in [1.54, 1.807) is 26.6 Å². The van der Waals surface area contributed by atoms with Gasteiger partial charge in [-0.3, -0.25) is 4.79 Å². The molecular weight excluding hydrogens is 556 g/mol. The van der Waals surface area contributed by atoms with Crippen LogP contribution in [0.4, 0.5) is 0 Å². The van der Waals surface area contributed by atoms with E-state index in [0.717, 1.165) is 59.9 Å². The maximum Gasteiger partial charge on any atom is 0.185 e. The van der Waals surface area contributed by atoms with Crippen molar-refractivity contribution < 1.29 is 23.7 Å². The highest BCUT2D eigenvalue weighted by Crippen LogP contribution is 2.34. The van der Waals surface area contributed by atoms with E-state index in [1.807, 2.05) is 74.8 Å². The molecular formula is C35H40N4O5. The second kappa shape index (κ2) is 14.6. The number of aromatic nitrogens is 4. The zero-order chi connectivity index (χ0) is 30.9. The summed E-state index contributed by atoms with van der Waals surface area (Å²) < 4.78 is 27.4. The number of rotatable bonds is 14. The van der Waals surface area contributed by atoms with Gasteiger partial charge in [0.15, 0.2) is 28.8 Å². The fourth-order valence-electron chi connectivity index (χ4n) is 5.28. The van der Waals surface area contributed by atoms with Crippen molar-refractivity contribution >= 4 is 17.9 Å². The topological polar surface area (TPSA) is 89.6 Å². The third-order valence-corrected chi connectivity index (χ3v) is 7.75. The fourth-order valence-corrected chi connectivity index (χ4v) is 5.28. The Bertz CT molecular complexity index is 1530. The smallest absolute Gasteiger partial charge is 0.185 e. The molecule has 2 aromatic carbocycles. The number of benzene rings is 2. The quantitative estimate of drug-likeness (QED) is 0.122. The molecule has 0 radical (unpaired) electrons. The molecule has 0 amide bonds. The summed E-state index contributed by atoms with van der Waals surface area (Å²) in [6, 6.07) is 11.5. The van der Waals surface area contributed by atoms with E-state index in [4.69, 9.17) is 18.9 Å².